The summed E-state index contributed by atoms with van der Waals surface area (Å²) < 4.78 is 25.3. The minimum Gasteiger partial charge on any atom is -0.381 e. The molecule has 2 aliphatic heterocycles. The molecule has 1 atom stereocenters. The highest BCUT2D eigenvalue weighted by molar-refractivity contribution is 8.24. The van der Waals surface area contributed by atoms with Crippen LogP contribution in [0.15, 0.2) is 53.1 Å². The number of para-hydroxylation sites is 1. The number of aromatic nitrogens is 1. The fourth-order valence-electron chi connectivity index (χ4n) is 5.16. The molecule has 1 aromatic heterocycles. The van der Waals surface area contributed by atoms with Crippen LogP contribution < -0.4 is 15.5 Å². The molecule has 1 unspecified atom stereocenters. The lowest BCUT2D eigenvalue weighted by Crippen LogP contribution is -2.42. The number of amides is 2. The van der Waals surface area contributed by atoms with Crippen LogP contribution in [0.3, 0.4) is 0 Å². The Morgan fingerprint density at radius 1 is 1.05 bits per heavy atom. The molecule has 2 aliphatic rings. The quantitative estimate of drug-likeness (QED) is 0.339. The Bertz CT molecular complexity index is 1280. The van der Waals surface area contributed by atoms with E-state index >= 15 is 0 Å². The number of aryl methyl sites for hydroxylation is 2. The van der Waals surface area contributed by atoms with Gasteiger partial charge in [0, 0.05) is 35.2 Å². The maximum Gasteiger partial charge on any atom is 0.247 e. The minimum absolute atomic E-state index is 0.0503. The smallest absolute Gasteiger partial charge is 0.247 e. The predicted octanol–water partition coefficient (Wildman–Crippen LogP) is 5.42. The minimum atomic E-state index is -2.50. The summed E-state index contributed by atoms with van der Waals surface area (Å²) >= 11 is 0. The van der Waals surface area contributed by atoms with Gasteiger partial charge in [-0.1, -0.05) is 29.4 Å². The van der Waals surface area contributed by atoms with Crippen LogP contribution in [0.2, 0.25) is 0 Å². The van der Waals surface area contributed by atoms with E-state index in [-0.39, 0.29) is 17.9 Å². The van der Waals surface area contributed by atoms with Gasteiger partial charge in [-0.3, -0.25) is 23.6 Å². The van der Waals surface area contributed by atoms with Gasteiger partial charge in [0.2, 0.25) is 11.8 Å². The average Bonchev–Trinajstić information content (AvgIpc) is 3.43. The van der Waals surface area contributed by atoms with E-state index in [1.165, 1.54) is 0 Å². The Morgan fingerprint density at radius 2 is 1.78 bits per heavy atom. The molecule has 3 heterocycles. The van der Waals surface area contributed by atoms with Gasteiger partial charge in [0.05, 0.1) is 17.1 Å². The zero-order chi connectivity index (χ0) is 26.2. The van der Waals surface area contributed by atoms with Gasteiger partial charge >= 0.3 is 0 Å². The van der Waals surface area contributed by atoms with E-state index in [0.717, 1.165) is 22.5 Å². The van der Waals surface area contributed by atoms with Gasteiger partial charge in [-0.05, 0) is 62.9 Å². The number of rotatable bonds is 6. The molecule has 2 fully saturated rings. The fraction of sp³-hybridized carbons (Fsp3) is 0.370. The van der Waals surface area contributed by atoms with Crippen molar-refractivity contribution in [1.82, 2.24) is 5.16 Å². The summed E-state index contributed by atoms with van der Waals surface area (Å²) in [5.74, 6) is 1.07. The Hall–Kier alpha value is -3.34. The fourth-order valence-corrected chi connectivity index (χ4v) is 6.69. The van der Waals surface area contributed by atoms with Crippen LogP contribution in [0.25, 0.3) is 11.1 Å². The molecule has 9 nitrogen and oxygen atoms in total. The maximum atomic E-state index is 13.6. The topological polar surface area (TPSA) is 128 Å². The van der Waals surface area contributed by atoms with Crippen molar-refractivity contribution in [2.75, 3.05) is 27.0 Å². The van der Waals surface area contributed by atoms with Crippen molar-refractivity contribution in [3.05, 3.63) is 60.0 Å². The average molecular weight is 525 g/mol. The number of nitrogens with zero attached hydrogens (tertiary/aromatic N) is 2. The van der Waals surface area contributed by atoms with Crippen LogP contribution in [0.5, 0.6) is 0 Å². The summed E-state index contributed by atoms with van der Waals surface area (Å²) in [5.41, 5.74) is 4.52. The van der Waals surface area contributed by atoms with E-state index in [0.29, 0.717) is 54.3 Å². The van der Waals surface area contributed by atoms with E-state index in [4.69, 9.17) is 4.52 Å². The first-order valence-corrected chi connectivity index (χ1v) is 14.4. The van der Waals surface area contributed by atoms with Gasteiger partial charge in [-0.2, -0.15) is 10.6 Å². The van der Waals surface area contributed by atoms with Gasteiger partial charge in [-0.25, -0.2) is 0 Å². The zero-order valence-electron chi connectivity index (χ0n) is 20.9. The summed E-state index contributed by atoms with van der Waals surface area (Å²) in [6, 6.07) is 14.4. The molecule has 5 rings (SSSR count). The van der Waals surface area contributed by atoms with Gasteiger partial charge in [-0.15, -0.1) is 0 Å². The molecular weight excluding hydrogens is 492 g/mol. The summed E-state index contributed by atoms with van der Waals surface area (Å²) in [5, 5.41) is 10.6. The number of hydrogen-bond donors (Lipinski definition) is 4. The van der Waals surface area contributed by atoms with Crippen LogP contribution in [-0.4, -0.2) is 49.7 Å². The van der Waals surface area contributed by atoms with Crippen LogP contribution >= 0.6 is 10.6 Å². The van der Waals surface area contributed by atoms with E-state index in [1.807, 2.05) is 62.4 Å². The largest absolute Gasteiger partial charge is 0.381 e. The molecule has 0 saturated carbocycles. The third kappa shape index (κ3) is 5.36. The predicted molar refractivity (Wildman–Crippen MR) is 146 cm³/mol. The summed E-state index contributed by atoms with van der Waals surface area (Å²) in [6.07, 6.45) is 2.00. The second-order valence-corrected chi connectivity index (χ2v) is 12.2. The van der Waals surface area contributed by atoms with Gasteiger partial charge in [0.25, 0.3) is 0 Å². The summed E-state index contributed by atoms with van der Waals surface area (Å²) in [4.78, 5) is 27.8. The molecule has 2 amide bonds. The lowest BCUT2D eigenvalue weighted by molar-refractivity contribution is -0.120. The number of carbonyl (C=O) groups excluding carboxylic acids is 2. The van der Waals surface area contributed by atoms with Crippen LogP contribution in [0.1, 0.15) is 37.1 Å². The number of carbonyl (C=O) groups is 2. The molecule has 196 valence electrons. The molecule has 10 heteroatoms. The van der Waals surface area contributed by atoms with Crippen molar-refractivity contribution in [2.45, 2.75) is 51.6 Å². The third-order valence-corrected chi connectivity index (χ3v) is 8.87. The molecule has 2 saturated heterocycles. The lowest BCUT2D eigenvalue weighted by atomic mass is 10.0. The SMILES string of the molecule is Cc1noc(C)c1-c1ccc(NC2CCS(O)(O)CC2)c(NC(=O)C2CCC(=O)N2c2ccccc2)c1. The number of hydrogen-bond acceptors (Lipinski definition) is 7. The van der Waals surface area contributed by atoms with E-state index < -0.39 is 16.6 Å². The third-order valence-electron chi connectivity index (χ3n) is 7.09. The molecule has 0 aliphatic carbocycles. The van der Waals surface area contributed by atoms with Crippen LogP contribution in [0.4, 0.5) is 17.1 Å². The first-order valence-electron chi connectivity index (χ1n) is 12.5. The second-order valence-electron chi connectivity index (χ2n) is 9.73. The van der Waals surface area contributed by atoms with Crippen LogP contribution in [0, 0.1) is 13.8 Å². The van der Waals surface area contributed by atoms with Crippen LogP contribution in [-0.2, 0) is 9.59 Å². The Balaban J connectivity index is 1.44. The molecule has 37 heavy (non-hydrogen) atoms. The van der Waals surface area contributed by atoms with Crippen molar-refractivity contribution >= 4 is 39.5 Å². The number of benzene rings is 2. The summed E-state index contributed by atoms with van der Waals surface area (Å²) in [6.45, 7) is 3.72. The molecule has 3 aromatic rings. The van der Waals surface area contributed by atoms with Gasteiger partial charge in [0.1, 0.15) is 11.8 Å². The lowest BCUT2D eigenvalue weighted by Gasteiger charge is -2.39. The van der Waals surface area contributed by atoms with E-state index in [2.05, 4.69) is 15.8 Å². The molecule has 4 N–H and O–H groups in total. The number of anilines is 3. The molecular formula is C27H32N4O5S. The highest BCUT2D eigenvalue weighted by Crippen LogP contribution is 2.45. The van der Waals surface area contributed by atoms with Gasteiger partial charge in [0.15, 0.2) is 0 Å². The highest BCUT2D eigenvalue weighted by Gasteiger charge is 2.37. The molecule has 2 aromatic carbocycles. The standard InChI is InChI=1S/C27H32N4O5S/c1-17-26(18(2)36-30-17)19-8-9-22(28-20-12-14-37(34,35)15-13-20)23(16-19)29-27(33)24-10-11-25(32)31(24)21-6-4-3-5-7-21/h3-9,16,20,24,28,34-35H,10-15H2,1-2H3,(H,29,33). The first kappa shape index (κ1) is 25.3. The van der Waals surface area contributed by atoms with Crippen molar-refractivity contribution in [3.63, 3.8) is 0 Å². The molecule has 0 radical (unpaired) electrons. The molecule has 0 spiro atoms. The van der Waals surface area contributed by atoms with E-state index in [1.54, 1.807) is 4.90 Å². The Labute approximate surface area is 217 Å². The normalized spacial score (nSPS) is 20.6. The van der Waals surface area contributed by atoms with Crippen molar-refractivity contribution < 1.29 is 23.2 Å². The monoisotopic (exact) mass is 524 g/mol. The zero-order valence-corrected chi connectivity index (χ0v) is 21.8. The second kappa shape index (κ2) is 10.2. The summed E-state index contributed by atoms with van der Waals surface area (Å²) in [7, 11) is -2.50. The number of nitrogens with one attached hydrogen (secondary N) is 2. The van der Waals surface area contributed by atoms with E-state index in [9.17, 15) is 18.7 Å². The van der Waals surface area contributed by atoms with Crippen molar-refractivity contribution in [2.24, 2.45) is 0 Å². The molecule has 0 bridgehead atoms. The highest BCUT2D eigenvalue weighted by atomic mass is 32.3. The van der Waals surface area contributed by atoms with Gasteiger partial charge < -0.3 is 15.2 Å². The first-order chi connectivity index (χ1) is 17.7. The Morgan fingerprint density at radius 3 is 2.46 bits per heavy atom. The Kier molecular flexibility index (Phi) is 6.98. The van der Waals surface area contributed by atoms with Crippen molar-refractivity contribution in [1.29, 1.82) is 0 Å². The van der Waals surface area contributed by atoms with Crippen molar-refractivity contribution in [3.8, 4) is 11.1 Å². The maximum absolute atomic E-state index is 13.6.